The standard InChI is InChI=1S/C13H19NO/c1-3-9-14-11(2)10-13(15)12-7-5-4-6-8-12/h4-8,11,14H,3,9-10H2,1-2H3. The van der Waals surface area contributed by atoms with E-state index in [0.29, 0.717) is 6.42 Å². The average molecular weight is 205 g/mol. The average Bonchev–Trinajstić information content (AvgIpc) is 2.27. The molecule has 0 heterocycles. The third-order valence-electron chi connectivity index (χ3n) is 2.33. The SMILES string of the molecule is CCCNC(C)CC(=O)c1ccccc1. The summed E-state index contributed by atoms with van der Waals surface area (Å²) in [5.41, 5.74) is 0.808. The van der Waals surface area contributed by atoms with Crippen molar-refractivity contribution in [1.82, 2.24) is 5.32 Å². The second-order valence-electron chi connectivity index (χ2n) is 3.85. The Morgan fingerprint density at radius 2 is 2.00 bits per heavy atom. The monoisotopic (exact) mass is 205 g/mol. The van der Waals surface area contributed by atoms with Crippen LogP contribution in [0, 0.1) is 0 Å². The van der Waals surface area contributed by atoms with Crippen molar-refractivity contribution in [2.75, 3.05) is 6.54 Å². The number of ketones is 1. The fourth-order valence-electron chi connectivity index (χ4n) is 1.48. The van der Waals surface area contributed by atoms with Crippen molar-refractivity contribution in [3.63, 3.8) is 0 Å². The lowest BCUT2D eigenvalue weighted by Crippen LogP contribution is -2.29. The first-order valence-electron chi connectivity index (χ1n) is 5.55. The molecule has 0 radical (unpaired) electrons. The minimum Gasteiger partial charge on any atom is -0.314 e. The highest BCUT2D eigenvalue weighted by Crippen LogP contribution is 2.05. The van der Waals surface area contributed by atoms with Crippen molar-refractivity contribution in [2.24, 2.45) is 0 Å². The Morgan fingerprint density at radius 3 is 2.60 bits per heavy atom. The maximum atomic E-state index is 11.8. The molecule has 1 N–H and O–H groups in total. The Balaban J connectivity index is 2.42. The molecule has 0 saturated carbocycles. The summed E-state index contributed by atoms with van der Waals surface area (Å²) in [5, 5.41) is 3.31. The van der Waals surface area contributed by atoms with E-state index in [0.717, 1.165) is 18.5 Å². The van der Waals surface area contributed by atoms with Gasteiger partial charge in [-0.25, -0.2) is 0 Å². The number of benzene rings is 1. The number of carbonyl (C=O) groups is 1. The van der Waals surface area contributed by atoms with Gasteiger partial charge in [-0.15, -0.1) is 0 Å². The highest BCUT2D eigenvalue weighted by Gasteiger charge is 2.09. The number of rotatable bonds is 6. The van der Waals surface area contributed by atoms with Gasteiger partial charge in [0.05, 0.1) is 0 Å². The van der Waals surface area contributed by atoms with Gasteiger partial charge in [-0.3, -0.25) is 4.79 Å². The van der Waals surface area contributed by atoms with Crippen LogP contribution in [0.25, 0.3) is 0 Å². The lowest BCUT2D eigenvalue weighted by molar-refractivity contribution is 0.0971. The van der Waals surface area contributed by atoms with E-state index in [1.807, 2.05) is 30.3 Å². The van der Waals surface area contributed by atoms with Crippen LogP contribution in [0.4, 0.5) is 0 Å². The summed E-state index contributed by atoms with van der Waals surface area (Å²) in [5.74, 6) is 0.215. The number of nitrogens with one attached hydrogen (secondary N) is 1. The van der Waals surface area contributed by atoms with E-state index in [2.05, 4.69) is 19.2 Å². The molecular weight excluding hydrogens is 186 g/mol. The third-order valence-corrected chi connectivity index (χ3v) is 2.33. The van der Waals surface area contributed by atoms with Gasteiger partial charge in [0.1, 0.15) is 0 Å². The zero-order valence-electron chi connectivity index (χ0n) is 9.49. The zero-order chi connectivity index (χ0) is 11.1. The smallest absolute Gasteiger partial charge is 0.164 e. The van der Waals surface area contributed by atoms with Crippen molar-refractivity contribution < 1.29 is 4.79 Å². The molecular formula is C13H19NO. The molecule has 1 aromatic carbocycles. The van der Waals surface area contributed by atoms with E-state index in [1.54, 1.807) is 0 Å². The molecule has 15 heavy (non-hydrogen) atoms. The van der Waals surface area contributed by atoms with Crippen LogP contribution in [0.2, 0.25) is 0 Å². The van der Waals surface area contributed by atoms with Gasteiger partial charge in [0.25, 0.3) is 0 Å². The third kappa shape index (κ3) is 4.26. The fourth-order valence-corrected chi connectivity index (χ4v) is 1.48. The van der Waals surface area contributed by atoms with Crippen LogP contribution in [0.5, 0.6) is 0 Å². The first-order valence-corrected chi connectivity index (χ1v) is 5.55. The quantitative estimate of drug-likeness (QED) is 0.723. The van der Waals surface area contributed by atoms with E-state index in [4.69, 9.17) is 0 Å². The Bertz CT molecular complexity index is 295. The number of hydrogen-bond donors (Lipinski definition) is 1. The second kappa shape index (κ2) is 6.36. The molecule has 0 amide bonds. The van der Waals surface area contributed by atoms with Gasteiger partial charge >= 0.3 is 0 Å². The highest BCUT2D eigenvalue weighted by atomic mass is 16.1. The number of Topliss-reactive ketones (excluding diaryl/α,β-unsaturated/α-hetero) is 1. The van der Waals surface area contributed by atoms with Crippen LogP contribution in [-0.4, -0.2) is 18.4 Å². The summed E-state index contributed by atoms with van der Waals surface area (Å²) in [6.07, 6.45) is 1.67. The van der Waals surface area contributed by atoms with Gasteiger partial charge in [0, 0.05) is 18.0 Å². The van der Waals surface area contributed by atoms with Gasteiger partial charge in [0.15, 0.2) is 5.78 Å². The molecule has 0 bridgehead atoms. The first kappa shape index (κ1) is 11.9. The van der Waals surface area contributed by atoms with E-state index < -0.39 is 0 Å². The van der Waals surface area contributed by atoms with Crippen LogP contribution in [0.15, 0.2) is 30.3 Å². The van der Waals surface area contributed by atoms with Crippen LogP contribution in [0.3, 0.4) is 0 Å². The summed E-state index contributed by atoms with van der Waals surface area (Å²) in [4.78, 5) is 11.8. The molecule has 1 rings (SSSR count). The minimum atomic E-state index is 0.215. The fraction of sp³-hybridized carbons (Fsp3) is 0.462. The Kier molecular flexibility index (Phi) is 5.05. The number of hydrogen-bond acceptors (Lipinski definition) is 2. The molecule has 1 aromatic rings. The van der Waals surface area contributed by atoms with Crippen molar-refractivity contribution in [2.45, 2.75) is 32.7 Å². The normalized spacial score (nSPS) is 12.4. The molecule has 2 heteroatoms. The van der Waals surface area contributed by atoms with E-state index in [9.17, 15) is 4.79 Å². The van der Waals surface area contributed by atoms with Gasteiger partial charge in [-0.05, 0) is 19.9 Å². The summed E-state index contributed by atoms with van der Waals surface area (Å²) < 4.78 is 0. The zero-order valence-corrected chi connectivity index (χ0v) is 9.49. The molecule has 0 fully saturated rings. The Morgan fingerprint density at radius 1 is 1.33 bits per heavy atom. The molecule has 82 valence electrons. The predicted octanol–water partition coefficient (Wildman–Crippen LogP) is 2.65. The largest absolute Gasteiger partial charge is 0.314 e. The highest BCUT2D eigenvalue weighted by molar-refractivity contribution is 5.96. The summed E-state index contributed by atoms with van der Waals surface area (Å²) >= 11 is 0. The molecule has 0 saturated heterocycles. The maximum Gasteiger partial charge on any atom is 0.164 e. The van der Waals surface area contributed by atoms with Crippen molar-refractivity contribution in [3.8, 4) is 0 Å². The van der Waals surface area contributed by atoms with Gasteiger partial charge in [0.2, 0.25) is 0 Å². The first-order chi connectivity index (χ1) is 7.24. The summed E-state index contributed by atoms with van der Waals surface area (Å²) in [7, 11) is 0. The molecule has 0 aliphatic heterocycles. The van der Waals surface area contributed by atoms with E-state index in [-0.39, 0.29) is 11.8 Å². The number of carbonyl (C=O) groups excluding carboxylic acids is 1. The Hall–Kier alpha value is -1.15. The maximum absolute atomic E-state index is 11.8. The van der Waals surface area contributed by atoms with Crippen LogP contribution in [-0.2, 0) is 0 Å². The molecule has 0 aliphatic carbocycles. The molecule has 2 nitrogen and oxygen atoms in total. The molecule has 0 spiro atoms. The topological polar surface area (TPSA) is 29.1 Å². The summed E-state index contributed by atoms with van der Waals surface area (Å²) in [6, 6.07) is 9.73. The van der Waals surface area contributed by atoms with Crippen LogP contribution in [0.1, 0.15) is 37.0 Å². The molecule has 0 aliphatic rings. The van der Waals surface area contributed by atoms with Crippen LogP contribution < -0.4 is 5.32 Å². The molecule has 1 atom stereocenters. The molecule has 0 aromatic heterocycles. The van der Waals surface area contributed by atoms with Crippen molar-refractivity contribution in [3.05, 3.63) is 35.9 Å². The Labute approximate surface area is 91.7 Å². The molecule has 1 unspecified atom stereocenters. The van der Waals surface area contributed by atoms with E-state index in [1.165, 1.54) is 0 Å². The van der Waals surface area contributed by atoms with Gasteiger partial charge in [-0.1, -0.05) is 37.3 Å². The lowest BCUT2D eigenvalue weighted by atomic mass is 10.0. The van der Waals surface area contributed by atoms with E-state index >= 15 is 0 Å². The lowest BCUT2D eigenvalue weighted by Gasteiger charge is -2.11. The predicted molar refractivity (Wildman–Crippen MR) is 63.1 cm³/mol. The summed E-state index contributed by atoms with van der Waals surface area (Å²) in [6.45, 7) is 5.15. The van der Waals surface area contributed by atoms with Crippen molar-refractivity contribution >= 4 is 5.78 Å². The second-order valence-corrected chi connectivity index (χ2v) is 3.85. The minimum absolute atomic E-state index is 0.215. The van der Waals surface area contributed by atoms with Crippen molar-refractivity contribution in [1.29, 1.82) is 0 Å². The van der Waals surface area contributed by atoms with Crippen LogP contribution >= 0.6 is 0 Å². The van der Waals surface area contributed by atoms with Gasteiger partial charge in [-0.2, -0.15) is 0 Å². The van der Waals surface area contributed by atoms with Gasteiger partial charge < -0.3 is 5.32 Å².